The second kappa shape index (κ2) is 5.10. The Morgan fingerprint density at radius 2 is 2.09 bits per heavy atom. The van der Waals surface area contributed by atoms with Crippen molar-refractivity contribution in [2.45, 2.75) is 6.92 Å². The summed E-state index contributed by atoms with van der Waals surface area (Å²) in [5, 5.41) is 15.9. The summed E-state index contributed by atoms with van der Waals surface area (Å²) < 4.78 is 21.0. The van der Waals surface area contributed by atoms with Crippen molar-refractivity contribution >= 4 is 16.6 Å². The topological polar surface area (TPSA) is 70.2 Å². The highest BCUT2D eigenvalue weighted by Gasteiger charge is 2.17. The Morgan fingerprint density at radius 3 is 2.82 bits per heavy atom. The molecule has 3 aromatic rings. The lowest BCUT2D eigenvalue weighted by molar-refractivity contribution is -0.387. The summed E-state index contributed by atoms with van der Waals surface area (Å²) in [6, 6.07) is 7.49. The van der Waals surface area contributed by atoms with Gasteiger partial charge in [0.05, 0.1) is 10.4 Å². The predicted molar refractivity (Wildman–Crippen MR) is 78.6 cm³/mol. The predicted octanol–water partition coefficient (Wildman–Crippen LogP) is 3.72. The minimum Gasteiger partial charge on any atom is -0.457 e. The van der Waals surface area contributed by atoms with Crippen molar-refractivity contribution in [3.63, 3.8) is 0 Å². The third kappa shape index (κ3) is 2.48. The first kappa shape index (κ1) is 14.0. The number of nitrogens with zero attached hydrogens (tertiary/aromatic N) is 3. The Bertz CT molecular complexity index is 889. The molecular formula is C15H12FN3O3. The fourth-order valence-electron chi connectivity index (χ4n) is 2.21. The average Bonchev–Trinajstić information content (AvgIpc) is 2.81. The van der Waals surface area contributed by atoms with Crippen LogP contribution in [0.1, 0.15) is 5.56 Å². The third-order valence-electron chi connectivity index (χ3n) is 3.26. The number of halogens is 1. The number of hydrogen-bond acceptors (Lipinski definition) is 4. The molecule has 1 heterocycles. The summed E-state index contributed by atoms with van der Waals surface area (Å²) in [5.41, 5.74) is 0.666. The molecule has 0 saturated carbocycles. The number of nitro groups is 1. The van der Waals surface area contributed by atoms with Crippen molar-refractivity contribution in [3.05, 3.63) is 58.0 Å². The summed E-state index contributed by atoms with van der Waals surface area (Å²) in [6.07, 6.45) is 1.87. The van der Waals surface area contributed by atoms with E-state index in [1.807, 2.05) is 19.3 Å². The fraction of sp³-hybridized carbons (Fsp3) is 0.133. The molecule has 0 aliphatic heterocycles. The van der Waals surface area contributed by atoms with E-state index >= 15 is 0 Å². The van der Waals surface area contributed by atoms with Gasteiger partial charge in [-0.15, -0.1) is 0 Å². The molecule has 22 heavy (non-hydrogen) atoms. The number of aromatic nitrogens is 2. The van der Waals surface area contributed by atoms with Crippen molar-refractivity contribution in [3.8, 4) is 11.5 Å². The summed E-state index contributed by atoms with van der Waals surface area (Å²) >= 11 is 0. The largest absolute Gasteiger partial charge is 0.457 e. The Balaban J connectivity index is 1.97. The molecule has 0 spiro atoms. The van der Waals surface area contributed by atoms with Crippen LogP contribution in [0.4, 0.5) is 10.1 Å². The van der Waals surface area contributed by atoms with E-state index in [-0.39, 0.29) is 5.75 Å². The number of ether oxygens (including phenoxy) is 1. The van der Waals surface area contributed by atoms with Gasteiger partial charge >= 0.3 is 5.69 Å². The minimum absolute atomic E-state index is 0.235. The molecule has 0 N–H and O–H groups in total. The fourth-order valence-corrected chi connectivity index (χ4v) is 2.21. The van der Waals surface area contributed by atoms with Gasteiger partial charge in [0, 0.05) is 36.8 Å². The van der Waals surface area contributed by atoms with E-state index < -0.39 is 16.4 Å². The first-order valence-electron chi connectivity index (χ1n) is 6.50. The van der Waals surface area contributed by atoms with Gasteiger partial charge in [-0.05, 0) is 24.6 Å². The summed E-state index contributed by atoms with van der Waals surface area (Å²) in [5.74, 6) is -0.203. The Labute approximate surface area is 124 Å². The monoisotopic (exact) mass is 301 g/mol. The molecule has 0 unspecified atom stereocenters. The minimum atomic E-state index is -0.926. The number of nitro benzene ring substituents is 1. The lowest BCUT2D eigenvalue weighted by Crippen LogP contribution is -1.96. The van der Waals surface area contributed by atoms with E-state index in [1.54, 1.807) is 23.7 Å². The molecular weight excluding hydrogens is 289 g/mol. The summed E-state index contributed by atoms with van der Waals surface area (Å²) in [7, 11) is 1.82. The maximum atomic E-state index is 13.7. The zero-order valence-corrected chi connectivity index (χ0v) is 11.9. The van der Waals surface area contributed by atoms with Gasteiger partial charge in [0.2, 0.25) is 5.82 Å². The van der Waals surface area contributed by atoms with E-state index in [9.17, 15) is 14.5 Å². The van der Waals surface area contributed by atoms with Crippen LogP contribution >= 0.6 is 0 Å². The van der Waals surface area contributed by atoms with Crippen LogP contribution in [0.15, 0.2) is 36.5 Å². The molecule has 1 aromatic heterocycles. The molecule has 0 radical (unpaired) electrons. The van der Waals surface area contributed by atoms with E-state index in [0.717, 1.165) is 23.0 Å². The number of hydrogen-bond donors (Lipinski definition) is 0. The smallest absolute Gasteiger partial charge is 0.305 e. The third-order valence-corrected chi connectivity index (χ3v) is 3.26. The molecule has 6 nitrogen and oxygen atoms in total. The Morgan fingerprint density at radius 1 is 1.32 bits per heavy atom. The van der Waals surface area contributed by atoms with Gasteiger partial charge < -0.3 is 4.74 Å². The van der Waals surface area contributed by atoms with Gasteiger partial charge in [-0.3, -0.25) is 14.8 Å². The van der Waals surface area contributed by atoms with Gasteiger partial charge in [-0.25, -0.2) is 0 Å². The van der Waals surface area contributed by atoms with Crippen molar-refractivity contribution in [1.29, 1.82) is 0 Å². The highest BCUT2D eigenvalue weighted by atomic mass is 19.1. The zero-order chi connectivity index (χ0) is 15.9. The van der Waals surface area contributed by atoms with Crippen LogP contribution in [-0.4, -0.2) is 14.7 Å². The van der Waals surface area contributed by atoms with Gasteiger partial charge in [-0.1, -0.05) is 0 Å². The molecule has 112 valence electrons. The molecule has 0 fully saturated rings. The van der Waals surface area contributed by atoms with Crippen LogP contribution < -0.4 is 4.74 Å². The average molecular weight is 301 g/mol. The van der Waals surface area contributed by atoms with E-state index in [1.165, 1.54) is 0 Å². The maximum Gasteiger partial charge on any atom is 0.305 e. The van der Waals surface area contributed by atoms with Crippen LogP contribution in [0.3, 0.4) is 0 Å². The van der Waals surface area contributed by atoms with Crippen LogP contribution in [0.25, 0.3) is 10.9 Å². The van der Waals surface area contributed by atoms with E-state index in [4.69, 9.17) is 4.74 Å². The number of fused-ring (bicyclic) bond motifs is 1. The van der Waals surface area contributed by atoms with E-state index in [2.05, 4.69) is 5.10 Å². The van der Waals surface area contributed by atoms with Crippen molar-refractivity contribution in [2.24, 2.45) is 7.05 Å². The van der Waals surface area contributed by atoms with Gasteiger partial charge in [0.1, 0.15) is 11.5 Å². The summed E-state index contributed by atoms with van der Waals surface area (Å²) in [6.45, 7) is 1.63. The molecule has 0 bridgehead atoms. The zero-order valence-electron chi connectivity index (χ0n) is 11.9. The molecule has 0 aliphatic rings. The molecule has 0 saturated heterocycles. The quantitative estimate of drug-likeness (QED) is 0.546. The van der Waals surface area contributed by atoms with Crippen LogP contribution in [0.5, 0.6) is 11.5 Å². The van der Waals surface area contributed by atoms with E-state index in [0.29, 0.717) is 11.3 Å². The molecule has 3 rings (SSSR count). The Hall–Kier alpha value is -2.96. The second-order valence-electron chi connectivity index (χ2n) is 4.95. The maximum absolute atomic E-state index is 13.7. The first-order chi connectivity index (χ1) is 10.4. The lowest BCUT2D eigenvalue weighted by atomic mass is 10.2. The van der Waals surface area contributed by atoms with Gasteiger partial charge in [0.15, 0.2) is 0 Å². The second-order valence-corrected chi connectivity index (χ2v) is 4.95. The normalized spacial score (nSPS) is 10.9. The molecule has 0 aliphatic carbocycles. The number of benzene rings is 2. The number of rotatable bonds is 3. The van der Waals surface area contributed by atoms with Crippen LogP contribution in [0, 0.1) is 22.9 Å². The van der Waals surface area contributed by atoms with Crippen molar-refractivity contribution in [2.75, 3.05) is 0 Å². The van der Waals surface area contributed by atoms with Gasteiger partial charge in [-0.2, -0.15) is 9.49 Å². The van der Waals surface area contributed by atoms with Crippen molar-refractivity contribution in [1.82, 2.24) is 9.78 Å². The van der Waals surface area contributed by atoms with Crippen molar-refractivity contribution < 1.29 is 14.1 Å². The molecule has 2 aromatic carbocycles. The molecule has 0 atom stereocenters. The lowest BCUT2D eigenvalue weighted by Gasteiger charge is -2.09. The summed E-state index contributed by atoms with van der Waals surface area (Å²) in [4.78, 5) is 9.95. The highest BCUT2D eigenvalue weighted by molar-refractivity contribution is 5.79. The SMILES string of the molecule is Cc1cc([N+](=O)[O-])c(F)cc1Oc1ccc2cn(C)nc2c1. The van der Waals surface area contributed by atoms with Crippen LogP contribution in [-0.2, 0) is 7.05 Å². The Kier molecular flexibility index (Phi) is 3.25. The first-order valence-corrected chi connectivity index (χ1v) is 6.50. The van der Waals surface area contributed by atoms with Crippen LogP contribution in [0.2, 0.25) is 0 Å². The molecule has 0 amide bonds. The highest BCUT2D eigenvalue weighted by Crippen LogP contribution is 2.31. The van der Waals surface area contributed by atoms with Gasteiger partial charge in [0.25, 0.3) is 0 Å². The standard InChI is InChI=1S/C15H12FN3O3/c1-9-5-14(19(20)21)12(16)7-15(9)22-11-4-3-10-8-18(2)17-13(10)6-11/h3-8H,1-2H3. The molecule has 7 heteroatoms. The number of aryl methyl sites for hydroxylation is 2.